The number of carbonyl (C=O) groups is 2. The number of hydrogen-bond acceptors (Lipinski definition) is 4. The van der Waals surface area contributed by atoms with E-state index < -0.39 is 11.9 Å². The highest BCUT2D eigenvalue weighted by Crippen LogP contribution is 2.17. The number of imidazole rings is 2. The van der Waals surface area contributed by atoms with Crippen molar-refractivity contribution in [3.05, 3.63) is 59.2 Å². The quantitative estimate of drug-likeness (QED) is 0.437. The van der Waals surface area contributed by atoms with Gasteiger partial charge in [0.1, 0.15) is 11.6 Å². The van der Waals surface area contributed by atoms with Gasteiger partial charge in [0.2, 0.25) is 0 Å². The highest BCUT2D eigenvalue weighted by atomic mass is 16.4. The molecule has 8 nitrogen and oxygen atoms in total. The number of aryl methyl sites for hydroxylation is 2. The van der Waals surface area contributed by atoms with Crippen LogP contribution in [0.15, 0.2) is 36.4 Å². The molecule has 2 heterocycles. The molecule has 130 valence electrons. The lowest BCUT2D eigenvalue weighted by Gasteiger charge is -1.93. The molecule has 0 amide bonds. The van der Waals surface area contributed by atoms with Crippen molar-refractivity contribution in [2.45, 2.75) is 12.8 Å². The summed E-state index contributed by atoms with van der Waals surface area (Å²) in [6.45, 7) is 0. The van der Waals surface area contributed by atoms with E-state index in [0.717, 1.165) is 22.7 Å². The average molecular weight is 350 g/mol. The molecular formula is C18H14N4O4. The third-order valence-corrected chi connectivity index (χ3v) is 4.16. The van der Waals surface area contributed by atoms with Crippen molar-refractivity contribution in [3.63, 3.8) is 0 Å². The molecule has 0 aliphatic rings. The maximum atomic E-state index is 11.0. The molecule has 0 aliphatic carbocycles. The highest BCUT2D eigenvalue weighted by Gasteiger charge is 2.10. The monoisotopic (exact) mass is 350 g/mol. The van der Waals surface area contributed by atoms with Gasteiger partial charge in [-0.05, 0) is 36.4 Å². The van der Waals surface area contributed by atoms with Gasteiger partial charge >= 0.3 is 11.9 Å². The van der Waals surface area contributed by atoms with Crippen molar-refractivity contribution in [1.82, 2.24) is 19.9 Å². The number of aromatic carboxylic acids is 2. The lowest BCUT2D eigenvalue weighted by atomic mass is 10.2. The summed E-state index contributed by atoms with van der Waals surface area (Å²) in [5, 5.41) is 18.1. The third kappa shape index (κ3) is 2.88. The van der Waals surface area contributed by atoms with Gasteiger partial charge in [-0.2, -0.15) is 0 Å². The van der Waals surface area contributed by atoms with Crippen LogP contribution >= 0.6 is 0 Å². The van der Waals surface area contributed by atoms with Crippen LogP contribution in [0.5, 0.6) is 0 Å². The fourth-order valence-electron chi connectivity index (χ4n) is 2.86. The Morgan fingerprint density at radius 1 is 0.769 bits per heavy atom. The van der Waals surface area contributed by atoms with Crippen LogP contribution in [0.3, 0.4) is 0 Å². The molecule has 4 rings (SSSR count). The minimum Gasteiger partial charge on any atom is -0.478 e. The molecule has 0 bridgehead atoms. The standard InChI is InChI=1S/C18H14N4O4/c23-17(24)9-1-3-11-13(7-9)21-15(19-11)5-6-16-20-12-4-2-10(18(25)26)8-14(12)22-16/h1-4,7-8H,5-6H2,(H,19,21)(H,20,22)(H,23,24)(H,25,26). The molecule has 0 saturated heterocycles. The second-order valence-electron chi connectivity index (χ2n) is 5.94. The average Bonchev–Trinajstić information content (AvgIpc) is 3.21. The fraction of sp³-hybridized carbons (Fsp3) is 0.111. The first-order chi connectivity index (χ1) is 12.5. The topological polar surface area (TPSA) is 132 Å². The molecule has 0 fully saturated rings. The summed E-state index contributed by atoms with van der Waals surface area (Å²) in [6.07, 6.45) is 1.17. The lowest BCUT2D eigenvalue weighted by molar-refractivity contribution is 0.0686. The third-order valence-electron chi connectivity index (χ3n) is 4.16. The van der Waals surface area contributed by atoms with Gasteiger partial charge in [-0.3, -0.25) is 0 Å². The van der Waals surface area contributed by atoms with E-state index in [4.69, 9.17) is 10.2 Å². The number of aromatic amines is 2. The van der Waals surface area contributed by atoms with Gasteiger partial charge in [-0.1, -0.05) is 0 Å². The minimum absolute atomic E-state index is 0.196. The van der Waals surface area contributed by atoms with Crippen molar-refractivity contribution in [3.8, 4) is 0 Å². The maximum Gasteiger partial charge on any atom is 0.335 e. The predicted octanol–water partition coefficient (Wildman–Crippen LogP) is 2.62. The van der Waals surface area contributed by atoms with Crippen molar-refractivity contribution < 1.29 is 19.8 Å². The van der Waals surface area contributed by atoms with Crippen LogP contribution in [0.1, 0.15) is 32.4 Å². The number of nitrogens with one attached hydrogen (secondary N) is 2. The van der Waals surface area contributed by atoms with Crippen molar-refractivity contribution >= 4 is 34.0 Å². The summed E-state index contributed by atoms with van der Waals surface area (Å²) in [4.78, 5) is 37.2. The van der Waals surface area contributed by atoms with E-state index >= 15 is 0 Å². The summed E-state index contributed by atoms with van der Waals surface area (Å²) in [5.74, 6) is -0.512. The van der Waals surface area contributed by atoms with E-state index in [9.17, 15) is 9.59 Å². The summed E-state index contributed by atoms with van der Waals surface area (Å²) < 4.78 is 0. The smallest absolute Gasteiger partial charge is 0.335 e. The first kappa shape index (κ1) is 15.8. The van der Waals surface area contributed by atoms with E-state index in [1.54, 1.807) is 12.1 Å². The SMILES string of the molecule is O=C(O)c1ccc2[nH]c(CCc3nc4cc(C(=O)O)ccc4[nH]3)nc2c1. The second kappa shape index (κ2) is 5.99. The molecule has 4 aromatic rings. The molecule has 2 aromatic carbocycles. The predicted molar refractivity (Wildman–Crippen MR) is 93.5 cm³/mol. The number of H-pyrrole nitrogens is 2. The number of carboxylic acids is 2. The van der Waals surface area contributed by atoms with Crippen LogP contribution < -0.4 is 0 Å². The zero-order valence-electron chi connectivity index (χ0n) is 13.5. The first-order valence-electron chi connectivity index (χ1n) is 7.93. The molecule has 0 saturated carbocycles. The van der Waals surface area contributed by atoms with Gasteiger partial charge in [-0.25, -0.2) is 19.6 Å². The molecule has 4 N–H and O–H groups in total. The summed E-state index contributed by atoms with van der Waals surface area (Å²) in [5.41, 5.74) is 3.16. The number of aromatic nitrogens is 4. The number of fused-ring (bicyclic) bond motifs is 2. The Morgan fingerprint density at radius 2 is 1.19 bits per heavy atom. The van der Waals surface area contributed by atoms with E-state index in [-0.39, 0.29) is 11.1 Å². The molecule has 26 heavy (non-hydrogen) atoms. The van der Waals surface area contributed by atoms with Crippen LogP contribution in [-0.2, 0) is 12.8 Å². The van der Waals surface area contributed by atoms with Crippen LogP contribution in [0, 0.1) is 0 Å². The molecule has 0 atom stereocenters. The number of rotatable bonds is 5. The van der Waals surface area contributed by atoms with Gasteiger partial charge in [0.25, 0.3) is 0 Å². The number of hydrogen-bond donors (Lipinski definition) is 4. The zero-order valence-corrected chi connectivity index (χ0v) is 13.5. The van der Waals surface area contributed by atoms with Gasteiger partial charge in [-0.15, -0.1) is 0 Å². The number of nitrogens with zero attached hydrogens (tertiary/aromatic N) is 2. The van der Waals surface area contributed by atoms with Crippen molar-refractivity contribution in [1.29, 1.82) is 0 Å². The van der Waals surface area contributed by atoms with E-state index in [1.165, 1.54) is 24.3 Å². The normalized spacial score (nSPS) is 11.2. The van der Waals surface area contributed by atoms with Crippen LogP contribution in [0.2, 0.25) is 0 Å². The molecular weight excluding hydrogens is 336 g/mol. The van der Waals surface area contributed by atoms with Crippen molar-refractivity contribution in [2.75, 3.05) is 0 Å². The Kier molecular flexibility index (Phi) is 3.65. The Balaban J connectivity index is 1.54. The molecule has 8 heteroatoms. The molecule has 0 aliphatic heterocycles. The largest absolute Gasteiger partial charge is 0.478 e. The van der Waals surface area contributed by atoms with Crippen LogP contribution in [-0.4, -0.2) is 42.1 Å². The summed E-state index contributed by atoms with van der Waals surface area (Å²) in [7, 11) is 0. The highest BCUT2D eigenvalue weighted by molar-refractivity contribution is 5.93. The summed E-state index contributed by atoms with van der Waals surface area (Å²) >= 11 is 0. The Bertz CT molecular complexity index is 1070. The van der Waals surface area contributed by atoms with Gasteiger partial charge in [0, 0.05) is 12.8 Å². The molecule has 2 aromatic heterocycles. The van der Waals surface area contributed by atoms with E-state index in [0.29, 0.717) is 23.9 Å². The van der Waals surface area contributed by atoms with Crippen molar-refractivity contribution in [2.24, 2.45) is 0 Å². The Labute approximate surface area is 146 Å². The summed E-state index contributed by atoms with van der Waals surface area (Å²) in [6, 6.07) is 9.53. The molecule has 0 radical (unpaired) electrons. The second-order valence-corrected chi connectivity index (χ2v) is 5.94. The maximum absolute atomic E-state index is 11.0. The van der Waals surface area contributed by atoms with Gasteiger partial charge < -0.3 is 20.2 Å². The van der Waals surface area contributed by atoms with Crippen LogP contribution in [0.4, 0.5) is 0 Å². The zero-order chi connectivity index (χ0) is 18.3. The fourth-order valence-corrected chi connectivity index (χ4v) is 2.86. The molecule has 0 spiro atoms. The van der Waals surface area contributed by atoms with Crippen LogP contribution in [0.25, 0.3) is 22.1 Å². The first-order valence-corrected chi connectivity index (χ1v) is 7.93. The van der Waals surface area contributed by atoms with E-state index in [1.807, 2.05) is 0 Å². The van der Waals surface area contributed by atoms with Gasteiger partial charge in [0.15, 0.2) is 0 Å². The minimum atomic E-state index is -0.987. The number of benzene rings is 2. The molecule has 0 unspecified atom stereocenters. The Morgan fingerprint density at radius 3 is 1.58 bits per heavy atom. The number of carboxylic acid groups (broad SMARTS) is 2. The Hall–Kier alpha value is -3.68. The van der Waals surface area contributed by atoms with E-state index in [2.05, 4.69) is 19.9 Å². The van der Waals surface area contributed by atoms with Gasteiger partial charge in [0.05, 0.1) is 33.2 Å². The lowest BCUT2D eigenvalue weighted by Crippen LogP contribution is -1.95.